The summed E-state index contributed by atoms with van der Waals surface area (Å²) in [5.41, 5.74) is 0.994. The molecule has 14 heavy (non-hydrogen) atoms. The Balaban J connectivity index is 2.87. The summed E-state index contributed by atoms with van der Waals surface area (Å²) >= 11 is 2.17. The number of hydrogen-bond donors (Lipinski definition) is 0. The lowest BCUT2D eigenvalue weighted by Gasteiger charge is -2.29. The van der Waals surface area contributed by atoms with Crippen LogP contribution in [-0.2, 0) is 0 Å². The summed E-state index contributed by atoms with van der Waals surface area (Å²) in [5.74, 6) is 0. The van der Waals surface area contributed by atoms with Crippen LogP contribution in [-0.4, -0.2) is 22.5 Å². The van der Waals surface area contributed by atoms with Gasteiger partial charge in [-0.2, -0.15) is 0 Å². The molecule has 76 valence electrons. The summed E-state index contributed by atoms with van der Waals surface area (Å²) in [4.78, 5) is 11.9. The van der Waals surface area contributed by atoms with Gasteiger partial charge < -0.3 is 14.8 Å². The Bertz CT molecular complexity index is 302. The van der Waals surface area contributed by atoms with Gasteiger partial charge in [0.2, 0.25) is 0 Å². The fraction of sp³-hybridized carbons (Fsp3) is 0.300. The van der Waals surface area contributed by atoms with Gasteiger partial charge in [-0.15, -0.1) is 0 Å². The summed E-state index contributed by atoms with van der Waals surface area (Å²) < 4.78 is 0.715. The molecule has 0 bridgehead atoms. The highest BCUT2D eigenvalue weighted by molar-refractivity contribution is 14.1. The minimum Gasteiger partial charge on any atom is -0.530 e. The fourth-order valence-electron chi connectivity index (χ4n) is 1.22. The predicted octanol–water partition coefficient (Wildman–Crippen LogP) is 1.44. The van der Waals surface area contributed by atoms with Crippen LogP contribution in [0.5, 0.6) is 0 Å². The van der Waals surface area contributed by atoms with Gasteiger partial charge in [0.05, 0.1) is 6.04 Å². The number of alkyl halides is 1. The van der Waals surface area contributed by atoms with Crippen LogP contribution in [0.2, 0.25) is 0 Å². The molecule has 1 rings (SSSR count). The third kappa shape index (κ3) is 2.60. The van der Waals surface area contributed by atoms with E-state index in [-0.39, 0.29) is 6.04 Å². The maximum absolute atomic E-state index is 10.7. The van der Waals surface area contributed by atoms with Crippen molar-refractivity contribution < 1.29 is 9.90 Å². The molecule has 0 aromatic heterocycles. The molecule has 3 nitrogen and oxygen atoms in total. The van der Waals surface area contributed by atoms with E-state index in [0.29, 0.717) is 4.43 Å². The number of hydrogen-bond acceptors (Lipinski definition) is 2. The third-order valence-electron chi connectivity index (χ3n) is 2.09. The normalized spacial score (nSPS) is 12.1. The quantitative estimate of drug-likeness (QED) is 0.626. The van der Waals surface area contributed by atoms with Gasteiger partial charge in [0.1, 0.15) is 6.09 Å². The molecule has 0 N–H and O–H groups in total. The lowest BCUT2D eigenvalue weighted by atomic mass is 10.1. The fourth-order valence-corrected chi connectivity index (χ4v) is 2.32. The molecule has 0 saturated carbocycles. The highest BCUT2D eigenvalue weighted by Crippen LogP contribution is 2.20. The third-order valence-corrected chi connectivity index (χ3v) is 2.92. The first-order chi connectivity index (χ1) is 6.66. The van der Waals surface area contributed by atoms with Gasteiger partial charge in [0.15, 0.2) is 0 Å². The van der Waals surface area contributed by atoms with Crippen molar-refractivity contribution in [2.75, 3.05) is 11.5 Å². The van der Waals surface area contributed by atoms with Crippen LogP contribution in [0, 0.1) is 0 Å². The molecule has 0 spiro atoms. The van der Waals surface area contributed by atoms with Crippen molar-refractivity contribution in [2.24, 2.45) is 0 Å². The van der Waals surface area contributed by atoms with E-state index in [4.69, 9.17) is 0 Å². The SMILES string of the molecule is CN(C(=O)[O-])C(CI)c1ccccc1. The number of rotatable bonds is 3. The number of halogens is 1. The van der Waals surface area contributed by atoms with Crippen LogP contribution in [0.25, 0.3) is 0 Å². The molecule has 0 aliphatic rings. The molecule has 0 fully saturated rings. The van der Waals surface area contributed by atoms with E-state index in [1.807, 2.05) is 30.3 Å². The van der Waals surface area contributed by atoms with Crippen LogP contribution >= 0.6 is 22.6 Å². The van der Waals surface area contributed by atoms with Crippen molar-refractivity contribution in [3.63, 3.8) is 0 Å². The summed E-state index contributed by atoms with van der Waals surface area (Å²) in [7, 11) is 1.53. The first-order valence-corrected chi connectivity index (χ1v) is 5.74. The lowest BCUT2D eigenvalue weighted by molar-refractivity contribution is -0.266. The minimum absolute atomic E-state index is 0.123. The van der Waals surface area contributed by atoms with Gasteiger partial charge in [-0.1, -0.05) is 52.9 Å². The molecular formula is C10H11INO2-. The monoisotopic (exact) mass is 304 g/mol. The van der Waals surface area contributed by atoms with Crippen LogP contribution in [0.15, 0.2) is 30.3 Å². The number of carboxylic acid groups (broad SMARTS) is 1. The van der Waals surface area contributed by atoms with Gasteiger partial charge in [-0.3, -0.25) is 0 Å². The Kier molecular flexibility index (Phi) is 4.19. The van der Waals surface area contributed by atoms with Gasteiger partial charge in [-0.25, -0.2) is 0 Å². The topological polar surface area (TPSA) is 43.4 Å². The Morgan fingerprint density at radius 2 is 2.07 bits per heavy atom. The lowest BCUT2D eigenvalue weighted by Crippen LogP contribution is -2.41. The molecular weight excluding hydrogens is 293 g/mol. The summed E-state index contributed by atoms with van der Waals surface area (Å²) in [6.07, 6.45) is -1.14. The molecule has 1 unspecified atom stereocenters. The van der Waals surface area contributed by atoms with Gasteiger partial charge in [0, 0.05) is 11.5 Å². The zero-order valence-electron chi connectivity index (χ0n) is 7.81. The Hall–Kier alpha value is -0.780. The van der Waals surface area contributed by atoms with Crippen LogP contribution in [0.3, 0.4) is 0 Å². The molecule has 4 heteroatoms. The maximum atomic E-state index is 10.7. The van der Waals surface area contributed by atoms with Crippen molar-refractivity contribution in [1.82, 2.24) is 4.90 Å². The predicted molar refractivity (Wildman–Crippen MR) is 61.2 cm³/mol. The van der Waals surface area contributed by atoms with Gasteiger partial charge in [0.25, 0.3) is 0 Å². The van der Waals surface area contributed by atoms with E-state index >= 15 is 0 Å². The van der Waals surface area contributed by atoms with E-state index in [1.54, 1.807) is 0 Å². The van der Waals surface area contributed by atoms with E-state index < -0.39 is 6.09 Å². The minimum atomic E-state index is -1.14. The maximum Gasteiger partial charge on any atom is 0.137 e. The first-order valence-electron chi connectivity index (χ1n) is 4.21. The summed E-state index contributed by atoms with van der Waals surface area (Å²) in [6, 6.07) is 9.43. The van der Waals surface area contributed by atoms with Crippen LogP contribution in [0.4, 0.5) is 4.79 Å². The van der Waals surface area contributed by atoms with E-state index in [1.165, 1.54) is 11.9 Å². The van der Waals surface area contributed by atoms with E-state index in [2.05, 4.69) is 22.6 Å². The zero-order valence-corrected chi connectivity index (χ0v) is 9.97. The van der Waals surface area contributed by atoms with Crippen molar-refractivity contribution in [3.8, 4) is 0 Å². The van der Waals surface area contributed by atoms with Crippen LogP contribution in [0.1, 0.15) is 11.6 Å². The Labute approximate surface area is 96.9 Å². The van der Waals surface area contributed by atoms with Gasteiger partial charge in [-0.05, 0) is 5.56 Å². The summed E-state index contributed by atoms with van der Waals surface area (Å²) in [5, 5.41) is 10.7. The number of amides is 1. The van der Waals surface area contributed by atoms with E-state index in [0.717, 1.165) is 5.56 Å². The van der Waals surface area contributed by atoms with Crippen LogP contribution < -0.4 is 5.11 Å². The molecule has 0 heterocycles. The molecule has 1 atom stereocenters. The average molecular weight is 304 g/mol. The van der Waals surface area contributed by atoms with Gasteiger partial charge >= 0.3 is 0 Å². The summed E-state index contributed by atoms with van der Waals surface area (Å²) in [6.45, 7) is 0. The second-order valence-electron chi connectivity index (χ2n) is 2.96. The Morgan fingerprint density at radius 1 is 1.50 bits per heavy atom. The van der Waals surface area contributed by atoms with E-state index in [9.17, 15) is 9.90 Å². The largest absolute Gasteiger partial charge is 0.530 e. The van der Waals surface area contributed by atoms with Crippen molar-refractivity contribution in [2.45, 2.75) is 6.04 Å². The molecule has 1 amide bonds. The van der Waals surface area contributed by atoms with Crippen molar-refractivity contribution >= 4 is 28.7 Å². The zero-order chi connectivity index (χ0) is 10.6. The molecule has 1 aromatic rings. The molecule has 1 aromatic carbocycles. The van der Waals surface area contributed by atoms with Crippen molar-refractivity contribution in [3.05, 3.63) is 35.9 Å². The number of carbonyl (C=O) groups excluding carboxylic acids is 1. The molecule has 0 aliphatic heterocycles. The smallest absolute Gasteiger partial charge is 0.137 e. The number of benzene rings is 1. The molecule has 0 saturated heterocycles. The second kappa shape index (κ2) is 5.19. The standard InChI is InChI=1S/C10H12INO2/c1-12(10(13)14)9(7-11)8-5-3-2-4-6-8/h2-6,9H,7H2,1H3,(H,13,14)/p-1. The molecule has 0 aliphatic carbocycles. The highest BCUT2D eigenvalue weighted by Gasteiger charge is 2.14. The average Bonchev–Trinajstić information content (AvgIpc) is 2.20. The molecule has 0 radical (unpaired) electrons. The number of carbonyl (C=O) groups is 1. The Morgan fingerprint density at radius 3 is 2.50 bits per heavy atom. The number of nitrogens with zero attached hydrogens (tertiary/aromatic N) is 1. The van der Waals surface area contributed by atoms with Crippen molar-refractivity contribution in [1.29, 1.82) is 0 Å². The second-order valence-corrected chi connectivity index (χ2v) is 3.84. The highest BCUT2D eigenvalue weighted by atomic mass is 127. The first kappa shape index (κ1) is 11.3.